The van der Waals surface area contributed by atoms with E-state index in [0.717, 1.165) is 19.3 Å². The third kappa shape index (κ3) is 3.25. The van der Waals surface area contributed by atoms with Crippen LogP contribution in [-0.4, -0.2) is 17.0 Å². The van der Waals surface area contributed by atoms with Crippen LogP contribution in [0.1, 0.15) is 113 Å². The number of ketones is 1. The number of aliphatic hydroxyl groups is 1. The van der Waals surface area contributed by atoms with Gasteiger partial charge in [0.2, 0.25) is 0 Å². The van der Waals surface area contributed by atoms with Crippen LogP contribution in [0.5, 0.6) is 0 Å². The summed E-state index contributed by atoms with van der Waals surface area (Å²) in [6.45, 7) is 18.7. The predicted octanol–water partition coefficient (Wildman–Crippen LogP) is 7.66. The lowest BCUT2D eigenvalue weighted by Gasteiger charge is -2.61. The average molecular weight is 441 g/mol. The molecule has 2 heteroatoms. The zero-order chi connectivity index (χ0) is 23.7. The molecule has 0 aromatic carbocycles. The number of allylic oxidation sites excluding steroid dienone is 4. The van der Waals surface area contributed by atoms with Crippen LogP contribution in [0.2, 0.25) is 0 Å². The normalized spacial score (nSPS) is 43.9. The van der Waals surface area contributed by atoms with E-state index in [1.165, 1.54) is 48.8 Å². The Kier molecular flexibility index (Phi) is 5.93. The van der Waals surface area contributed by atoms with Crippen LogP contribution in [0.4, 0.5) is 0 Å². The van der Waals surface area contributed by atoms with E-state index in [1.807, 2.05) is 0 Å². The molecule has 2 fully saturated rings. The molecule has 0 aromatic heterocycles. The van der Waals surface area contributed by atoms with Crippen molar-refractivity contribution in [3.8, 4) is 0 Å². The van der Waals surface area contributed by atoms with Gasteiger partial charge in [-0.3, -0.25) is 4.79 Å². The summed E-state index contributed by atoms with van der Waals surface area (Å²) in [5.74, 6) is 2.08. The van der Waals surface area contributed by atoms with Gasteiger partial charge in [0.25, 0.3) is 0 Å². The molecule has 1 unspecified atom stereocenters. The van der Waals surface area contributed by atoms with Crippen molar-refractivity contribution < 1.29 is 9.90 Å². The quantitative estimate of drug-likeness (QED) is 0.456. The Bertz CT molecular complexity index is 843. The van der Waals surface area contributed by atoms with Crippen molar-refractivity contribution in [3.63, 3.8) is 0 Å². The highest BCUT2D eigenvalue weighted by Gasteiger charge is 2.65. The third-order valence-electron chi connectivity index (χ3n) is 11.5. The minimum absolute atomic E-state index is 0.0152. The topological polar surface area (TPSA) is 37.3 Å². The van der Waals surface area contributed by atoms with Crippen LogP contribution in [0.3, 0.4) is 0 Å². The van der Waals surface area contributed by atoms with E-state index in [-0.39, 0.29) is 33.7 Å². The molecule has 0 aliphatic heterocycles. The maximum Gasteiger partial charge on any atom is 0.159 e. The number of aliphatic hydroxyl groups excluding tert-OH is 1. The van der Waals surface area contributed by atoms with Gasteiger partial charge in [0.05, 0.1) is 6.10 Å². The minimum atomic E-state index is -0.294. The smallest absolute Gasteiger partial charge is 0.159 e. The molecule has 32 heavy (non-hydrogen) atoms. The van der Waals surface area contributed by atoms with E-state index in [2.05, 4.69) is 61.5 Å². The summed E-state index contributed by atoms with van der Waals surface area (Å²) in [4.78, 5) is 13.9. The van der Waals surface area contributed by atoms with Crippen molar-refractivity contribution in [2.45, 2.75) is 119 Å². The Morgan fingerprint density at radius 2 is 1.78 bits per heavy atom. The molecule has 0 aromatic rings. The summed E-state index contributed by atoms with van der Waals surface area (Å²) in [7, 11) is 0. The molecule has 4 rings (SSSR count). The highest BCUT2D eigenvalue weighted by molar-refractivity contribution is 5.99. The Labute approximate surface area is 197 Å². The molecule has 0 bridgehead atoms. The average Bonchev–Trinajstić information content (AvgIpc) is 2.98. The fourth-order valence-electron chi connectivity index (χ4n) is 9.14. The van der Waals surface area contributed by atoms with Gasteiger partial charge in [-0.05, 0) is 99.2 Å². The molecule has 0 saturated heterocycles. The lowest BCUT2D eigenvalue weighted by Crippen LogP contribution is -2.57. The lowest BCUT2D eigenvalue weighted by molar-refractivity contribution is -0.134. The number of carbonyl (C=O) groups is 1. The maximum absolute atomic E-state index is 13.9. The molecule has 7 atom stereocenters. The molecule has 0 spiro atoms. The third-order valence-corrected chi connectivity index (χ3v) is 11.5. The summed E-state index contributed by atoms with van der Waals surface area (Å²) in [6, 6.07) is 0. The highest BCUT2D eigenvalue weighted by atomic mass is 16.3. The molecule has 4 aliphatic rings. The summed E-state index contributed by atoms with van der Waals surface area (Å²) in [5.41, 5.74) is 4.28. The number of carbonyl (C=O) groups excluding carboxylic acids is 1. The second kappa shape index (κ2) is 7.82. The van der Waals surface area contributed by atoms with Crippen LogP contribution < -0.4 is 0 Å². The summed E-state index contributed by atoms with van der Waals surface area (Å²) < 4.78 is 0. The van der Waals surface area contributed by atoms with E-state index in [4.69, 9.17) is 0 Å². The van der Waals surface area contributed by atoms with E-state index in [9.17, 15) is 9.90 Å². The van der Waals surface area contributed by atoms with Gasteiger partial charge in [-0.2, -0.15) is 0 Å². The number of Topliss-reactive ketones (excluding diaryl/α,β-unsaturated/α-hetero) is 1. The molecular weight excluding hydrogens is 392 g/mol. The number of hydrogen-bond acceptors (Lipinski definition) is 2. The maximum atomic E-state index is 13.9. The number of hydrogen-bond donors (Lipinski definition) is 1. The first-order valence-electron chi connectivity index (χ1n) is 13.4. The van der Waals surface area contributed by atoms with Gasteiger partial charge >= 0.3 is 0 Å². The fraction of sp³-hybridized carbons (Fsp3) is 0.833. The zero-order valence-corrected chi connectivity index (χ0v) is 22.1. The van der Waals surface area contributed by atoms with E-state index in [0.29, 0.717) is 24.0 Å². The SMILES string of the molecule is CC(C)=CCC[C@H](C)[C@@H]1CC[C@]2(C)C3=C(CC[C@@]12C)[C@@]1(C)CC[C@H](O)C(C)(C)C1CC3=O. The van der Waals surface area contributed by atoms with Crippen molar-refractivity contribution in [1.82, 2.24) is 0 Å². The predicted molar refractivity (Wildman–Crippen MR) is 133 cm³/mol. The van der Waals surface area contributed by atoms with Gasteiger partial charge in [-0.15, -0.1) is 0 Å². The monoisotopic (exact) mass is 440 g/mol. The highest BCUT2D eigenvalue weighted by Crippen LogP contribution is 2.71. The number of rotatable bonds is 4. The van der Waals surface area contributed by atoms with Crippen molar-refractivity contribution in [2.75, 3.05) is 0 Å². The Morgan fingerprint density at radius 3 is 2.44 bits per heavy atom. The first kappa shape index (κ1) is 24.2. The van der Waals surface area contributed by atoms with Crippen molar-refractivity contribution in [2.24, 2.45) is 39.4 Å². The molecule has 0 amide bonds. The van der Waals surface area contributed by atoms with Gasteiger partial charge in [0, 0.05) is 17.4 Å². The molecule has 2 saturated carbocycles. The van der Waals surface area contributed by atoms with Gasteiger partial charge < -0.3 is 5.11 Å². The second-order valence-electron chi connectivity index (χ2n) is 13.6. The van der Waals surface area contributed by atoms with E-state index >= 15 is 0 Å². The molecule has 180 valence electrons. The van der Waals surface area contributed by atoms with Gasteiger partial charge in [0.1, 0.15) is 0 Å². The van der Waals surface area contributed by atoms with E-state index in [1.54, 1.807) is 0 Å². The molecular formula is C30H48O2. The lowest BCUT2D eigenvalue weighted by atomic mass is 9.43. The molecule has 1 N–H and O–H groups in total. The molecule has 0 radical (unpaired) electrons. The summed E-state index contributed by atoms with van der Waals surface area (Å²) >= 11 is 0. The van der Waals surface area contributed by atoms with Crippen molar-refractivity contribution in [3.05, 3.63) is 22.8 Å². The molecule has 2 nitrogen and oxygen atoms in total. The van der Waals surface area contributed by atoms with Crippen LogP contribution in [0.25, 0.3) is 0 Å². The second-order valence-corrected chi connectivity index (χ2v) is 13.6. The van der Waals surface area contributed by atoms with Gasteiger partial charge in [-0.1, -0.05) is 58.8 Å². The first-order valence-corrected chi connectivity index (χ1v) is 13.4. The van der Waals surface area contributed by atoms with Crippen molar-refractivity contribution in [1.29, 1.82) is 0 Å². The minimum Gasteiger partial charge on any atom is -0.393 e. The standard InChI is InChI=1S/C30H48O2/c1-19(2)10-9-11-20(3)21-12-17-30(8)26-22(13-16-29(21,30)7)28(6)15-14-25(32)27(4,5)24(28)18-23(26)31/h10,20-21,24-25,32H,9,11-18H2,1-8H3/t20-,21-,24?,25-,28+,29-,30+/m0/s1. The van der Waals surface area contributed by atoms with Gasteiger partial charge in [-0.25, -0.2) is 0 Å². The molecule has 4 aliphatic carbocycles. The van der Waals surface area contributed by atoms with Crippen molar-refractivity contribution >= 4 is 5.78 Å². The summed E-state index contributed by atoms with van der Waals surface area (Å²) in [5, 5.41) is 10.8. The van der Waals surface area contributed by atoms with Crippen LogP contribution >= 0.6 is 0 Å². The number of fused-ring (bicyclic) bond motifs is 4. The largest absolute Gasteiger partial charge is 0.393 e. The van der Waals surface area contributed by atoms with Crippen LogP contribution in [0.15, 0.2) is 22.8 Å². The van der Waals surface area contributed by atoms with Gasteiger partial charge in [0.15, 0.2) is 5.78 Å². The zero-order valence-electron chi connectivity index (χ0n) is 22.1. The Morgan fingerprint density at radius 1 is 1.09 bits per heavy atom. The van der Waals surface area contributed by atoms with Crippen LogP contribution in [0, 0.1) is 39.4 Å². The first-order chi connectivity index (χ1) is 14.8. The van der Waals surface area contributed by atoms with Crippen LogP contribution in [-0.2, 0) is 4.79 Å². The van der Waals surface area contributed by atoms with E-state index < -0.39 is 0 Å². The fourth-order valence-corrected chi connectivity index (χ4v) is 9.14. The summed E-state index contributed by atoms with van der Waals surface area (Å²) in [6.07, 6.45) is 11.8. The Hall–Kier alpha value is -0.890. The Balaban J connectivity index is 1.70. The molecule has 0 heterocycles.